The molecule has 6 nitrogen and oxygen atoms in total. The topological polar surface area (TPSA) is 90.5 Å². The zero-order valence-corrected chi connectivity index (χ0v) is 10.5. The highest BCUT2D eigenvalue weighted by molar-refractivity contribution is 8.00. The summed E-state index contributed by atoms with van der Waals surface area (Å²) in [4.78, 5) is 12.2. The molecule has 0 saturated heterocycles. The van der Waals surface area contributed by atoms with Crippen molar-refractivity contribution in [3.63, 3.8) is 0 Å². The highest BCUT2D eigenvalue weighted by atomic mass is 32.2. The zero-order chi connectivity index (χ0) is 11.5. The fraction of sp³-hybridized carbons (Fsp3) is 0.375. The van der Waals surface area contributed by atoms with Gasteiger partial charge in [-0.3, -0.25) is 0 Å². The Hall–Kier alpha value is -1.28. The van der Waals surface area contributed by atoms with Gasteiger partial charge in [-0.25, -0.2) is 4.98 Å². The number of hydrogen-bond donors (Lipinski definition) is 1. The minimum atomic E-state index is 0.261. The molecular weight excluding hydrogens is 244 g/mol. The highest BCUT2D eigenvalue weighted by Gasteiger charge is 2.05. The first kappa shape index (κ1) is 11.2. The quantitative estimate of drug-likeness (QED) is 0.823. The predicted molar refractivity (Wildman–Crippen MR) is 63.2 cm³/mol. The highest BCUT2D eigenvalue weighted by Crippen LogP contribution is 2.24. The van der Waals surface area contributed by atoms with Crippen molar-refractivity contribution in [2.75, 3.05) is 5.73 Å². The molecule has 0 bridgehead atoms. The van der Waals surface area contributed by atoms with Gasteiger partial charge in [0.15, 0.2) is 4.34 Å². The number of aromatic nitrogens is 5. The Morgan fingerprint density at radius 2 is 2.00 bits per heavy atom. The van der Waals surface area contributed by atoms with Gasteiger partial charge in [0, 0.05) is 0 Å². The van der Waals surface area contributed by atoms with Crippen molar-refractivity contribution in [2.24, 2.45) is 0 Å². The van der Waals surface area contributed by atoms with Crippen molar-refractivity contribution in [3.8, 4) is 0 Å². The van der Waals surface area contributed by atoms with Gasteiger partial charge in [-0.1, -0.05) is 23.1 Å². The molecule has 8 heteroatoms. The van der Waals surface area contributed by atoms with Gasteiger partial charge in [-0.15, -0.1) is 10.2 Å². The number of anilines is 1. The summed E-state index contributed by atoms with van der Waals surface area (Å²) in [7, 11) is 0. The Bertz CT molecular complexity index is 477. The molecule has 0 aliphatic heterocycles. The first-order valence-electron chi connectivity index (χ1n) is 4.53. The fourth-order valence-electron chi connectivity index (χ4n) is 1.09. The van der Waals surface area contributed by atoms with E-state index in [2.05, 4.69) is 25.1 Å². The van der Waals surface area contributed by atoms with Crippen LogP contribution in [0.1, 0.15) is 16.7 Å². The maximum absolute atomic E-state index is 5.54. The molecule has 2 aromatic heterocycles. The number of hydrogen-bond acceptors (Lipinski definition) is 8. The van der Waals surface area contributed by atoms with Gasteiger partial charge >= 0.3 is 0 Å². The number of nitrogens with zero attached hydrogens (tertiary/aromatic N) is 5. The number of nitrogens with two attached hydrogens (primary N) is 1. The maximum Gasteiger partial charge on any atom is 0.223 e. The lowest BCUT2D eigenvalue weighted by atomic mass is 10.6. The van der Waals surface area contributed by atoms with E-state index in [1.807, 2.05) is 6.92 Å². The first-order valence-corrected chi connectivity index (χ1v) is 6.33. The number of nitrogen functional groups attached to an aromatic ring is 1. The third kappa shape index (κ3) is 2.86. The van der Waals surface area contributed by atoms with Crippen LogP contribution in [0.2, 0.25) is 0 Å². The second-order valence-corrected chi connectivity index (χ2v) is 5.44. The third-order valence-corrected chi connectivity index (χ3v) is 3.61. The summed E-state index contributed by atoms with van der Waals surface area (Å²) in [6, 6.07) is 0. The van der Waals surface area contributed by atoms with E-state index in [-0.39, 0.29) is 5.95 Å². The molecule has 0 saturated carbocycles. The second kappa shape index (κ2) is 4.71. The monoisotopic (exact) mass is 254 g/mol. The van der Waals surface area contributed by atoms with Gasteiger partial charge in [0.25, 0.3) is 0 Å². The van der Waals surface area contributed by atoms with Crippen LogP contribution in [0.25, 0.3) is 0 Å². The van der Waals surface area contributed by atoms with Gasteiger partial charge in [0.2, 0.25) is 5.95 Å². The largest absolute Gasteiger partial charge is 0.368 e. The second-order valence-electron chi connectivity index (χ2n) is 3.03. The van der Waals surface area contributed by atoms with Crippen LogP contribution in [0, 0.1) is 13.8 Å². The lowest BCUT2D eigenvalue weighted by Gasteiger charge is -1.99. The van der Waals surface area contributed by atoms with Crippen molar-refractivity contribution >= 4 is 29.0 Å². The molecule has 0 radical (unpaired) electrons. The Kier molecular flexibility index (Phi) is 3.30. The summed E-state index contributed by atoms with van der Waals surface area (Å²) in [6.45, 7) is 3.72. The van der Waals surface area contributed by atoms with Gasteiger partial charge in [-0.2, -0.15) is 9.97 Å². The number of aryl methyl sites for hydroxylation is 2. The lowest BCUT2D eigenvalue weighted by Crippen LogP contribution is -2.03. The SMILES string of the molecule is Cc1nc(N)nc(CSc2nnc(C)s2)n1. The van der Waals surface area contributed by atoms with E-state index in [0.29, 0.717) is 17.4 Å². The molecule has 0 atom stereocenters. The van der Waals surface area contributed by atoms with E-state index in [0.717, 1.165) is 9.35 Å². The van der Waals surface area contributed by atoms with E-state index in [4.69, 9.17) is 5.73 Å². The number of rotatable bonds is 3. The minimum absolute atomic E-state index is 0.261. The average molecular weight is 254 g/mol. The first-order chi connectivity index (χ1) is 7.63. The Morgan fingerprint density at radius 1 is 1.19 bits per heavy atom. The van der Waals surface area contributed by atoms with Crippen molar-refractivity contribution in [3.05, 3.63) is 16.7 Å². The molecule has 16 heavy (non-hydrogen) atoms. The molecule has 0 unspecified atom stereocenters. The molecule has 0 spiro atoms. The molecule has 2 N–H and O–H groups in total. The normalized spacial score (nSPS) is 10.6. The van der Waals surface area contributed by atoms with E-state index in [1.165, 1.54) is 0 Å². The van der Waals surface area contributed by atoms with Crippen LogP contribution in [0.3, 0.4) is 0 Å². The Balaban J connectivity index is 2.04. The summed E-state index contributed by atoms with van der Waals surface area (Å²) in [5.74, 6) is 2.19. The van der Waals surface area contributed by atoms with Crippen molar-refractivity contribution in [1.29, 1.82) is 0 Å². The van der Waals surface area contributed by atoms with Crippen molar-refractivity contribution < 1.29 is 0 Å². The van der Waals surface area contributed by atoms with Crippen LogP contribution in [0.15, 0.2) is 4.34 Å². The van der Waals surface area contributed by atoms with Crippen LogP contribution in [0.5, 0.6) is 0 Å². The molecule has 0 fully saturated rings. The molecule has 0 aromatic carbocycles. The minimum Gasteiger partial charge on any atom is -0.368 e. The molecule has 0 amide bonds. The standard InChI is InChI=1S/C8H10N6S2/c1-4-10-6(12-7(9)11-4)3-15-8-14-13-5(2)16-8/h3H2,1-2H3,(H2,9,10,11,12). The summed E-state index contributed by atoms with van der Waals surface area (Å²) in [6.07, 6.45) is 0. The van der Waals surface area contributed by atoms with Crippen LogP contribution >= 0.6 is 23.1 Å². The van der Waals surface area contributed by atoms with Gasteiger partial charge in [0.1, 0.15) is 16.7 Å². The van der Waals surface area contributed by atoms with Gasteiger partial charge < -0.3 is 5.73 Å². The summed E-state index contributed by atoms with van der Waals surface area (Å²) in [5, 5.41) is 8.89. The van der Waals surface area contributed by atoms with Crippen molar-refractivity contribution in [2.45, 2.75) is 23.9 Å². The summed E-state index contributed by atoms with van der Waals surface area (Å²) in [5.41, 5.74) is 5.54. The Morgan fingerprint density at radius 3 is 2.62 bits per heavy atom. The molecule has 0 aliphatic carbocycles. The molecule has 2 heterocycles. The average Bonchev–Trinajstić information content (AvgIpc) is 2.60. The molecule has 2 aromatic rings. The van der Waals surface area contributed by atoms with Crippen molar-refractivity contribution in [1.82, 2.24) is 25.1 Å². The van der Waals surface area contributed by atoms with E-state index in [1.54, 1.807) is 30.0 Å². The van der Waals surface area contributed by atoms with Crippen LogP contribution in [-0.2, 0) is 5.75 Å². The molecule has 84 valence electrons. The predicted octanol–water partition coefficient (Wildman–Crippen LogP) is 1.21. The van der Waals surface area contributed by atoms with Gasteiger partial charge in [0.05, 0.1) is 5.75 Å². The van der Waals surface area contributed by atoms with Crippen LogP contribution in [0.4, 0.5) is 5.95 Å². The van der Waals surface area contributed by atoms with Gasteiger partial charge in [-0.05, 0) is 13.8 Å². The zero-order valence-electron chi connectivity index (χ0n) is 8.84. The molecular formula is C8H10N6S2. The van der Waals surface area contributed by atoms with Crippen LogP contribution < -0.4 is 5.73 Å². The lowest BCUT2D eigenvalue weighted by molar-refractivity contribution is 0.921. The van der Waals surface area contributed by atoms with E-state index in [9.17, 15) is 0 Å². The third-order valence-electron chi connectivity index (χ3n) is 1.64. The molecule has 2 rings (SSSR count). The fourth-order valence-corrected chi connectivity index (χ4v) is 2.76. The summed E-state index contributed by atoms with van der Waals surface area (Å²) >= 11 is 3.10. The van der Waals surface area contributed by atoms with E-state index >= 15 is 0 Å². The Labute approximate surface area is 101 Å². The molecule has 0 aliphatic rings. The maximum atomic E-state index is 5.54. The van der Waals surface area contributed by atoms with E-state index < -0.39 is 0 Å². The number of thioether (sulfide) groups is 1. The smallest absolute Gasteiger partial charge is 0.223 e. The van der Waals surface area contributed by atoms with Crippen LogP contribution in [-0.4, -0.2) is 25.1 Å². The summed E-state index contributed by atoms with van der Waals surface area (Å²) < 4.78 is 0.911.